The summed E-state index contributed by atoms with van der Waals surface area (Å²) in [5, 5.41) is 3.55. The minimum atomic E-state index is 0.376. The average molecular weight is 260 g/mol. The van der Waals surface area contributed by atoms with Crippen LogP contribution in [0.4, 0.5) is 0 Å². The quantitative estimate of drug-likeness (QED) is 0.827. The predicted octanol–water partition coefficient (Wildman–Crippen LogP) is 3.60. The topological polar surface area (TPSA) is 17.0 Å². The molecule has 0 aliphatic heterocycles. The first-order chi connectivity index (χ1) is 8.69. The van der Waals surface area contributed by atoms with Crippen molar-refractivity contribution in [3.63, 3.8) is 0 Å². The summed E-state index contributed by atoms with van der Waals surface area (Å²) in [7, 11) is 2.05. The second-order valence-electron chi connectivity index (χ2n) is 4.56. The molecule has 1 aromatic carbocycles. The van der Waals surface area contributed by atoms with Crippen LogP contribution in [0.3, 0.4) is 0 Å². The lowest BCUT2D eigenvalue weighted by atomic mass is 10.1. The summed E-state index contributed by atoms with van der Waals surface area (Å²) in [6, 6.07) is 11.3. The highest BCUT2D eigenvalue weighted by molar-refractivity contribution is 7.98. The molecule has 0 bridgehead atoms. The van der Waals surface area contributed by atoms with E-state index in [4.69, 9.17) is 0 Å². The maximum absolute atomic E-state index is 3.55. The van der Waals surface area contributed by atoms with Crippen LogP contribution in [-0.4, -0.2) is 10.8 Å². The normalized spacial score (nSPS) is 12.6. The number of nitrogens with zero attached hydrogens (tertiary/aromatic N) is 1. The molecule has 0 fully saturated rings. The van der Waals surface area contributed by atoms with Gasteiger partial charge in [0.05, 0.1) is 0 Å². The molecular weight excluding hydrogens is 240 g/mol. The first kappa shape index (κ1) is 13.2. The summed E-state index contributed by atoms with van der Waals surface area (Å²) in [5.41, 5.74) is 2.66. The molecule has 1 N–H and O–H groups in total. The van der Waals surface area contributed by atoms with Gasteiger partial charge in [-0.2, -0.15) is 0 Å². The molecule has 0 saturated carbocycles. The van der Waals surface area contributed by atoms with E-state index in [9.17, 15) is 0 Å². The lowest BCUT2D eigenvalue weighted by Gasteiger charge is -2.14. The fourth-order valence-electron chi connectivity index (χ4n) is 1.95. The Kier molecular flexibility index (Phi) is 4.50. The van der Waals surface area contributed by atoms with Gasteiger partial charge in [0, 0.05) is 36.9 Å². The molecule has 1 heterocycles. The van der Waals surface area contributed by atoms with E-state index < -0.39 is 0 Å². The molecule has 2 rings (SSSR count). The summed E-state index contributed by atoms with van der Waals surface area (Å²) in [6.45, 7) is 3.11. The van der Waals surface area contributed by atoms with Crippen molar-refractivity contribution in [3.05, 3.63) is 53.9 Å². The maximum Gasteiger partial charge on any atom is 0.0294 e. The van der Waals surface area contributed by atoms with Crippen molar-refractivity contribution in [1.82, 2.24) is 9.88 Å². The van der Waals surface area contributed by atoms with E-state index in [0.29, 0.717) is 6.04 Å². The van der Waals surface area contributed by atoms with E-state index in [1.54, 1.807) is 11.8 Å². The largest absolute Gasteiger partial charge is 0.357 e. The summed E-state index contributed by atoms with van der Waals surface area (Å²) >= 11 is 1.78. The summed E-state index contributed by atoms with van der Waals surface area (Å²) < 4.78 is 2.08. The molecule has 0 saturated heterocycles. The zero-order valence-electron chi connectivity index (χ0n) is 11.2. The van der Waals surface area contributed by atoms with Crippen LogP contribution in [-0.2, 0) is 13.6 Å². The fourth-order valence-corrected chi connectivity index (χ4v) is 2.36. The zero-order chi connectivity index (χ0) is 13.0. The number of aryl methyl sites for hydroxylation is 1. The van der Waals surface area contributed by atoms with Crippen molar-refractivity contribution in [2.75, 3.05) is 6.26 Å². The monoisotopic (exact) mass is 260 g/mol. The Balaban J connectivity index is 1.92. The molecule has 18 heavy (non-hydrogen) atoms. The Labute approximate surface area is 113 Å². The van der Waals surface area contributed by atoms with E-state index in [2.05, 4.69) is 65.8 Å². The van der Waals surface area contributed by atoms with Crippen molar-refractivity contribution in [2.24, 2.45) is 7.05 Å². The van der Waals surface area contributed by atoms with Crippen LogP contribution in [0, 0.1) is 0 Å². The molecule has 3 heteroatoms. The van der Waals surface area contributed by atoms with Crippen molar-refractivity contribution < 1.29 is 0 Å². The Morgan fingerprint density at radius 3 is 2.50 bits per heavy atom. The van der Waals surface area contributed by atoms with Crippen LogP contribution in [0.25, 0.3) is 0 Å². The van der Waals surface area contributed by atoms with Crippen LogP contribution in [0.5, 0.6) is 0 Å². The molecule has 1 aromatic heterocycles. The van der Waals surface area contributed by atoms with E-state index in [1.165, 1.54) is 16.0 Å². The first-order valence-electron chi connectivity index (χ1n) is 6.17. The molecule has 2 nitrogen and oxygen atoms in total. The molecule has 2 aromatic rings. The van der Waals surface area contributed by atoms with Gasteiger partial charge in [-0.15, -0.1) is 11.8 Å². The lowest BCUT2D eigenvalue weighted by molar-refractivity contribution is 0.574. The van der Waals surface area contributed by atoms with Gasteiger partial charge in [-0.25, -0.2) is 0 Å². The third-order valence-corrected chi connectivity index (χ3v) is 3.86. The number of rotatable bonds is 5. The number of thioether (sulfide) groups is 1. The van der Waals surface area contributed by atoms with Gasteiger partial charge in [-0.1, -0.05) is 12.1 Å². The second-order valence-corrected chi connectivity index (χ2v) is 5.44. The molecule has 0 aliphatic carbocycles. The van der Waals surface area contributed by atoms with Crippen LogP contribution in [0.2, 0.25) is 0 Å². The minimum absolute atomic E-state index is 0.376. The lowest BCUT2D eigenvalue weighted by Crippen LogP contribution is -2.17. The van der Waals surface area contributed by atoms with E-state index in [1.807, 2.05) is 7.05 Å². The van der Waals surface area contributed by atoms with Gasteiger partial charge < -0.3 is 9.88 Å². The van der Waals surface area contributed by atoms with Gasteiger partial charge in [0.25, 0.3) is 0 Å². The molecule has 1 atom stereocenters. The Morgan fingerprint density at radius 2 is 1.94 bits per heavy atom. The van der Waals surface area contributed by atoms with Gasteiger partial charge in [0.2, 0.25) is 0 Å². The van der Waals surface area contributed by atoms with Gasteiger partial charge in [0.15, 0.2) is 0 Å². The van der Waals surface area contributed by atoms with Gasteiger partial charge >= 0.3 is 0 Å². The Bertz CT molecular complexity index is 487. The number of aromatic nitrogens is 1. The number of hydrogen-bond acceptors (Lipinski definition) is 2. The van der Waals surface area contributed by atoms with Crippen LogP contribution in [0.1, 0.15) is 24.1 Å². The first-order valence-corrected chi connectivity index (χ1v) is 7.39. The summed E-state index contributed by atoms with van der Waals surface area (Å²) in [5.74, 6) is 0. The standard InChI is InChI=1S/C15H20N2S/c1-12(14-4-6-15(18-3)7-5-14)16-10-13-8-9-17(2)11-13/h4-9,11-12,16H,10H2,1-3H3. The third kappa shape index (κ3) is 3.40. The highest BCUT2D eigenvalue weighted by Gasteiger charge is 2.05. The zero-order valence-corrected chi connectivity index (χ0v) is 12.0. The third-order valence-electron chi connectivity index (χ3n) is 3.12. The maximum atomic E-state index is 3.55. The minimum Gasteiger partial charge on any atom is -0.357 e. The fraction of sp³-hybridized carbons (Fsp3) is 0.333. The summed E-state index contributed by atoms with van der Waals surface area (Å²) in [6.07, 6.45) is 6.33. The van der Waals surface area contributed by atoms with Gasteiger partial charge in [-0.3, -0.25) is 0 Å². The van der Waals surface area contributed by atoms with E-state index in [-0.39, 0.29) is 0 Å². The average Bonchev–Trinajstić information content (AvgIpc) is 2.82. The molecule has 0 radical (unpaired) electrons. The van der Waals surface area contributed by atoms with E-state index in [0.717, 1.165) is 6.54 Å². The number of nitrogens with one attached hydrogen (secondary N) is 1. The van der Waals surface area contributed by atoms with Crippen molar-refractivity contribution >= 4 is 11.8 Å². The Morgan fingerprint density at radius 1 is 1.22 bits per heavy atom. The number of benzene rings is 1. The second kappa shape index (κ2) is 6.12. The van der Waals surface area contributed by atoms with Crippen molar-refractivity contribution in [2.45, 2.75) is 24.4 Å². The molecule has 0 amide bonds. The van der Waals surface area contributed by atoms with E-state index >= 15 is 0 Å². The van der Waals surface area contributed by atoms with Crippen LogP contribution >= 0.6 is 11.8 Å². The van der Waals surface area contributed by atoms with Gasteiger partial charge in [-0.05, 0) is 42.5 Å². The molecule has 1 unspecified atom stereocenters. The smallest absolute Gasteiger partial charge is 0.0294 e. The molecule has 96 valence electrons. The molecule has 0 aliphatic rings. The highest BCUT2D eigenvalue weighted by Crippen LogP contribution is 2.19. The summed E-state index contributed by atoms with van der Waals surface area (Å²) in [4.78, 5) is 1.31. The van der Waals surface area contributed by atoms with Crippen molar-refractivity contribution in [3.8, 4) is 0 Å². The SMILES string of the molecule is CSc1ccc(C(C)NCc2ccn(C)c2)cc1. The van der Waals surface area contributed by atoms with Crippen molar-refractivity contribution in [1.29, 1.82) is 0 Å². The molecule has 0 spiro atoms. The number of hydrogen-bond donors (Lipinski definition) is 1. The Hall–Kier alpha value is -1.19. The van der Waals surface area contributed by atoms with Crippen LogP contribution < -0.4 is 5.32 Å². The highest BCUT2D eigenvalue weighted by atomic mass is 32.2. The predicted molar refractivity (Wildman–Crippen MR) is 78.9 cm³/mol. The molecular formula is C15H20N2S. The van der Waals surface area contributed by atoms with Crippen LogP contribution in [0.15, 0.2) is 47.6 Å². The van der Waals surface area contributed by atoms with Gasteiger partial charge in [0.1, 0.15) is 0 Å².